The Morgan fingerprint density at radius 2 is 2.40 bits per heavy atom. The van der Waals surface area contributed by atoms with Crippen LogP contribution >= 0.6 is 0 Å². The zero-order chi connectivity index (χ0) is 7.56. The summed E-state index contributed by atoms with van der Waals surface area (Å²) in [6.07, 6.45) is 1.09. The summed E-state index contributed by atoms with van der Waals surface area (Å²) in [5, 5.41) is 3.15. The number of nitrogens with one attached hydrogen (secondary N) is 1. The van der Waals surface area contributed by atoms with Crippen LogP contribution in [-0.2, 0) is 4.79 Å². The van der Waals surface area contributed by atoms with Gasteiger partial charge in [0, 0.05) is 26.1 Å². The van der Waals surface area contributed by atoms with Crippen LogP contribution in [0.15, 0.2) is 0 Å². The molecule has 1 saturated heterocycles. The highest BCUT2D eigenvalue weighted by Crippen LogP contribution is 2.07. The fourth-order valence-corrected chi connectivity index (χ4v) is 1.28. The highest BCUT2D eigenvalue weighted by Gasteiger charge is 2.21. The molecule has 1 atom stereocenters. The molecular weight excluding hydrogens is 128 g/mol. The number of carbonyl (C=O) groups excluding carboxylic acids is 1. The summed E-state index contributed by atoms with van der Waals surface area (Å²) >= 11 is 0. The van der Waals surface area contributed by atoms with Gasteiger partial charge >= 0.3 is 0 Å². The summed E-state index contributed by atoms with van der Waals surface area (Å²) in [5.74, 6) is 0.192. The second-order valence-electron chi connectivity index (χ2n) is 2.74. The Labute approximate surface area is 61.4 Å². The lowest BCUT2D eigenvalue weighted by Crippen LogP contribution is -2.31. The molecule has 0 radical (unpaired) electrons. The van der Waals surface area contributed by atoms with Gasteiger partial charge in [0.25, 0.3) is 0 Å². The van der Waals surface area contributed by atoms with E-state index in [2.05, 4.69) is 5.32 Å². The predicted molar refractivity (Wildman–Crippen MR) is 39.7 cm³/mol. The topological polar surface area (TPSA) is 32.3 Å². The molecule has 0 aromatic heterocycles. The van der Waals surface area contributed by atoms with Gasteiger partial charge in [0.05, 0.1) is 0 Å². The molecule has 1 unspecified atom stereocenters. The van der Waals surface area contributed by atoms with Crippen LogP contribution in [0.2, 0.25) is 0 Å². The fourth-order valence-electron chi connectivity index (χ4n) is 1.28. The molecule has 3 nitrogen and oxygen atoms in total. The zero-order valence-electron chi connectivity index (χ0n) is 6.55. The van der Waals surface area contributed by atoms with Crippen molar-refractivity contribution in [2.45, 2.75) is 19.4 Å². The molecule has 1 aliphatic heterocycles. The van der Waals surface area contributed by atoms with E-state index in [9.17, 15) is 4.79 Å². The Balaban J connectivity index is 2.35. The number of carbonyl (C=O) groups is 1. The molecule has 0 aromatic rings. The Morgan fingerprint density at radius 3 is 2.70 bits per heavy atom. The maximum atomic E-state index is 10.8. The van der Waals surface area contributed by atoms with Gasteiger partial charge in [0.15, 0.2) is 0 Å². The second kappa shape index (κ2) is 3.01. The molecule has 1 fully saturated rings. The summed E-state index contributed by atoms with van der Waals surface area (Å²) < 4.78 is 0. The van der Waals surface area contributed by atoms with E-state index >= 15 is 0 Å². The van der Waals surface area contributed by atoms with Crippen LogP contribution in [0.4, 0.5) is 0 Å². The van der Waals surface area contributed by atoms with Crippen LogP contribution in [-0.4, -0.2) is 37.0 Å². The van der Waals surface area contributed by atoms with Gasteiger partial charge in [-0.25, -0.2) is 0 Å². The van der Waals surface area contributed by atoms with Gasteiger partial charge in [0.1, 0.15) is 0 Å². The number of likely N-dealkylation sites (tertiary alicyclic amines) is 1. The van der Waals surface area contributed by atoms with Gasteiger partial charge in [-0.3, -0.25) is 4.79 Å². The first-order valence-electron chi connectivity index (χ1n) is 3.67. The highest BCUT2D eigenvalue weighted by molar-refractivity contribution is 5.73. The van der Waals surface area contributed by atoms with Crippen molar-refractivity contribution in [2.24, 2.45) is 0 Å². The van der Waals surface area contributed by atoms with Crippen molar-refractivity contribution in [1.29, 1.82) is 0 Å². The van der Waals surface area contributed by atoms with E-state index in [1.54, 1.807) is 6.92 Å². The van der Waals surface area contributed by atoms with Crippen molar-refractivity contribution in [3.8, 4) is 0 Å². The van der Waals surface area contributed by atoms with Crippen molar-refractivity contribution in [1.82, 2.24) is 10.2 Å². The van der Waals surface area contributed by atoms with Crippen LogP contribution < -0.4 is 5.32 Å². The van der Waals surface area contributed by atoms with E-state index in [4.69, 9.17) is 0 Å². The van der Waals surface area contributed by atoms with Crippen molar-refractivity contribution in [3.63, 3.8) is 0 Å². The van der Waals surface area contributed by atoms with E-state index in [1.807, 2.05) is 11.9 Å². The van der Waals surface area contributed by atoms with E-state index in [1.165, 1.54) is 0 Å². The second-order valence-corrected chi connectivity index (χ2v) is 2.74. The van der Waals surface area contributed by atoms with Crippen molar-refractivity contribution in [3.05, 3.63) is 0 Å². The maximum absolute atomic E-state index is 10.8. The van der Waals surface area contributed by atoms with Gasteiger partial charge < -0.3 is 10.2 Å². The minimum absolute atomic E-state index is 0.192. The standard InChI is InChI=1S/C7H14N2O/c1-6(10)9-4-3-7(5-9)8-2/h7-8H,3-5H2,1-2H3. The van der Waals surface area contributed by atoms with E-state index in [0.717, 1.165) is 19.5 Å². The minimum Gasteiger partial charge on any atom is -0.341 e. The molecule has 10 heavy (non-hydrogen) atoms. The molecule has 1 rings (SSSR count). The van der Waals surface area contributed by atoms with Crippen LogP contribution in [0.3, 0.4) is 0 Å². The molecule has 0 spiro atoms. The van der Waals surface area contributed by atoms with Crippen LogP contribution in [0.25, 0.3) is 0 Å². The van der Waals surface area contributed by atoms with Gasteiger partial charge in [-0.15, -0.1) is 0 Å². The number of nitrogens with zero attached hydrogens (tertiary/aromatic N) is 1. The SMILES string of the molecule is CNC1CCN(C(C)=O)C1. The first kappa shape index (κ1) is 7.54. The fraction of sp³-hybridized carbons (Fsp3) is 0.857. The van der Waals surface area contributed by atoms with Crippen molar-refractivity contribution in [2.75, 3.05) is 20.1 Å². The first-order valence-corrected chi connectivity index (χ1v) is 3.67. The summed E-state index contributed by atoms with van der Waals surface area (Å²) in [7, 11) is 1.94. The smallest absolute Gasteiger partial charge is 0.219 e. The molecule has 1 heterocycles. The van der Waals surface area contributed by atoms with E-state index < -0.39 is 0 Å². The lowest BCUT2D eigenvalue weighted by molar-refractivity contribution is -0.127. The Kier molecular flexibility index (Phi) is 2.27. The molecule has 0 bridgehead atoms. The molecule has 0 saturated carbocycles. The van der Waals surface area contributed by atoms with Crippen LogP contribution in [0, 0.1) is 0 Å². The Morgan fingerprint density at radius 1 is 1.70 bits per heavy atom. The third-order valence-corrected chi connectivity index (χ3v) is 2.04. The molecule has 58 valence electrons. The average molecular weight is 142 g/mol. The largest absolute Gasteiger partial charge is 0.341 e. The minimum atomic E-state index is 0.192. The molecule has 0 aromatic carbocycles. The maximum Gasteiger partial charge on any atom is 0.219 e. The number of rotatable bonds is 1. The van der Waals surface area contributed by atoms with Crippen LogP contribution in [0.1, 0.15) is 13.3 Å². The van der Waals surface area contributed by atoms with Crippen molar-refractivity contribution >= 4 is 5.91 Å². The summed E-state index contributed by atoms with van der Waals surface area (Å²) in [4.78, 5) is 12.7. The summed E-state index contributed by atoms with van der Waals surface area (Å²) in [6, 6.07) is 0.517. The third-order valence-electron chi connectivity index (χ3n) is 2.04. The van der Waals surface area contributed by atoms with E-state index in [-0.39, 0.29) is 5.91 Å². The van der Waals surface area contributed by atoms with Crippen molar-refractivity contribution < 1.29 is 4.79 Å². The quantitative estimate of drug-likeness (QED) is 0.551. The van der Waals surface area contributed by atoms with Gasteiger partial charge in [-0.1, -0.05) is 0 Å². The molecule has 1 N–H and O–H groups in total. The predicted octanol–water partition coefficient (Wildman–Crippen LogP) is -0.173. The Hall–Kier alpha value is -0.570. The highest BCUT2D eigenvalue weighted by atomic mass is 16.2. The lowest BCUT2D eigenvalue weighted by Gasteiger charge is -2.12. The number of amides is 1. The number of hydrogen-bond donors (Lipinski definition) is 1. The van der Waals surface area contributed by atoms with Gasteiger partial charge in [0.2, 0.25) is 5.91 Å². The molecule has 0 aliphatic carbocycles. The summed E-state index contributed by atoms with van der Waals surface area (Å²) in [6.45, 7) is 3.42. The lowest BCUT2D eigenvalue weighted by atomic mass is 10.3. The number of hydrogen-bond acceptors (Lipinski definition) is 2. The normalized spacial score (nSPS) is 25.4. The average Bonchev–Trinajstić information content (AvgIpc) is 2.34. The van der Waals surface area contributed by atoms with Gasteiger partial charge in [-0.2, -0.15) is 0 Å². The molecule has 1 amide bonds. The molecule has 1 aliphatic rings. The summed E-state index contributed by atoms with van der Waals surface area (Å²) in [5.41, 5.74) is 0. The Bertz CT molecular complexity index is 136. The molecular formula is C7H14N2O. The van der Waals surface area contributed by atoms with E-state index in [0.29, 0.717) is 6.04 Å². The third kappa shape index (κ3) is 1.48. The monoisotopic (exact) mass is 142 g/mol. The van der Waals surface area contributed by atoms with Gasteiger partial charge in [-0.05, 0) is 13.5 Å². The number of likely N-dealkylation sites (N-methyl/N-ethyl adjacent to an activating group) is 1. The first-order chi connectivity index (χ1) is 4.74. The molecule has 3 heteroatoms. The zero-order valence-corrected chi connectivity index (χ0v) is 6.55. The van der Waals surface area contributed by atoms with Crippen LogP contribution in [0.5, 0.6) is 0 Å².